The van der Waals surface area contributed by atoms with Crippen LogP contribution in [-0.2, 0) is 4.74 Å². The summed E-state index contributed by atoms with van der Waals surface area (Å²) in [4.78, 5) is 40.7. The molecule has 0 saturated heterocycles. The van der Waals surface area contributed by atoms with E-state index in [1.165, 1.54) is 23.5 Å². The van der Waals surface area contributed by atoms with Crippen molar-refractivity contribution in [1.82, 2.24) is 9.38 Å². The summed E-state index contributed by atoms with van der Waals surface area (Å²) < 4.78 is 6.74. The van der Waals surface area contributed by atoms with E-state index in [2.05, 4.69) is 10.3 Å². The number of hydrogen-bond acceptors (Lipinski definition) is 7. The number of nitrogens with zero attached hydrogens (tertiary/aromatic N) is 3. The Kier molecular flexibility index (Phi) is 5.69. The number of nitrogens with one attached hydrogen (secondary N) is 1. The van der Waals surface area contributed by atoms with Crippen LogP contribution in [0.2, 0.25) is 0 Å². The van der Waals surface area contributed by atoms with Crippen LogP contribution in [-0.4, -0.2) is 32.8 Å². The van der Waals surface area contributed by atoms with E-state index < -0.39 is 10.9 Å². The van der Waals surface area contributed by atoms with Crippen molar-refractivity contribution in [3.05, 3.63) is 81.0 Å². The summed E-state index contributed by atoms with van der Waals surface area (Å²) in [5.74, 6) is -0.709. The molecule has 32 heavy (non-hydrogen) atoms. The lowest BCUT2D eigenvalue weighted by atomic mass is 10.1. The molecule has 2 aromatic heterocycles. The molecule has 1 N–H and O–H groups in total. The molecule has 162 valence electrons. The Morgan fingerprint density at radius 1 is 1.22 bits per heavy atom. The van der Waals surface area contributed by atoms with Gasteiger partial charge in [0.15, 0.2) is 4.96 Å². The average molecular weight is 450 g/mol. The molecule has 0 bridgehead atoms. The largest absolute Gasteiger partial charge is 0.462 e. The van der Waals surface area contributed by atoms with E-state index >= 15 is 0 Å². The number of rotatable bonds is 6. The van der Waals surface area contributed by atoms with Crippen LogP contribution in [0.5, 0.6) is 0 Å². The van der Waals surface area contributed by atoms with Crippen molar-refractivity contribution in [3.63, 3.8) is 0 Å². The van der Waals surface area contributed by atoms with Gasteiger partial charge in [0.05, 0.1) is 22.8 Å². The SMILES string of the molecule is CCOC(=O)c1ccc(NC(=O)c2sc3nc(-c4cccc([N+](=O)[O-])c4)cn3c2C)cc1. The molecule has 0 fully saturated rings. The number of benzene rings is 2. The van der Waals surface area contributed by atoms with E-state index in [1.54, 1.807) is 60.8 Å². The third-order valence-electron chi connectivity index (χ3n) is 4.77. The van der Waals surface area contributed by atoms with Gasteiger partial charge in [0.1, 0.15) is 4.88 Å². The minimum absolute atomic E-state index is 0.00961. The third-order valence-corrected chi connectivity index (χ3v) is 5.93. The third kappa shape index (κ3) is 4.08. The summed E-state index contributed by atoms with van der Waals surface area (Å²) in [6.45, 7) is 3.83. The number of nitro groups is 1. The van der Waals surface area contributed by atoms with E-state index in [-0.39, 0.29) is 11.6 Å². The maximum Gasteiger partial charge on any atom is 0.338 e. The van der Waals surface area contributed by atoms with E-state index in [1.807, 2.05) is 0 Å². The Balaban J connectivity index is 1.55. The zero-order chi connectivity index (χ0) is 22.8. The summed E-state index contributed by atoms with van der Waals surface area (Å²) in [6, 6.07) is 12.7. The minimum atomic E-state index is -0.450. The van der Waals surface area contributed by atoms with E-state index in [9.17, 15) is 19.7 Å². The molecule has 9 nitrogen and oxygen atoms in total. The highest BCUT2D eigenvalue weighted by atomic mass is 32.1. The number of hydrogen-bond donors (Lipinski definition) is 1. The fourth-order valence-electron chi connectivity index (χ4n) is 3.17. The number of fused-ring (bicyclic) bond motifs is 1. The minimum Gasteiger partial charge on any atom is -0.462 e. The zero-order valence-corrected chi connectivity index (χ0v) is 18.0. The van der Waals surface area contributed by atoms with Gasteiger partial charge in [-0.05, 0) is 38.1 Å². The van der Waals surface area contributed by atoms with Crippen LogP contribution < -0.4 is 5.32 Å². The summed E-state index contributed by atoms with van der Waals surface area (Å²) >= 11 is 1.22. The van der Waals surface area contributed by atoms with Gasteiger partial charge in [-0.1, -0.05) is 23.5 Å². The highest BCUT2D eigenvalue weighted by Gasteiger charge is 2.19. The fraction of sp³-hybridized carbons (Fsp3) is 0.136. The lowest BCUT2D eigenvalue weighted by molar-refractivity contribution is -0.384. The Bertz CT molecular complexity index is 1340. The molecule has 0 atom stereocenters. The van der Waals surface area contributed by atoms with Crippen LogP contribution in [0, 0.1) is 17.0 Å². The molecule has 0 aliphatic heterocycles. The maximum absolute atomic E-state index is 12.8. The van der Waals surface area contributed by atoms with Crippen molar-refractivity contribution in [2.24, 2.45) is 0 Å². The Morgan fingerprint density at radius 2 is 1.97 bits per heavy atom. The molecule has 1 amide bonds. The monoisotopic (exact) mass is 450 g/mol. The number of thiazole rings is 1. The quantitative estimate of drug-likeness (QED) is 0.258. The second kappa shape index (κ2) is 8.60. The van der Waals surface area contributed by atoms with E-state index in [0.29, 0.717) is 44.6 Å². The van der Waals surface area contributed by atoms with Gasteiger partial charge >= 0.3 is 5.97 Å². The van der Waals surface area contributed by atoms with Crippen LogP contribution in [0.3, 0.4) is 0 Å². The summed E-state index contributed by atoms with van der Waals surface area (Å²) in [5.41, 5.74) is 2.86. The number of amides is 1. The van der Waals surface area contributed by atoms with Gasteiger partial charge in [-0.15, -0.1) is 0 Å². The number of non-ortho nitro benzene ring substituents is 1. The first-order valence-corrected chi connectivity index (χ1v) is 10.5. The molecule has 2 aromatic carbocycles. The van der Waals surface area contributed by atoms with Gasteiger partial charge in [0, 0.05) is 35.3 Å². The fourth-order valence-corrected chi connectivity index (χ4v) is 4.17. The second-order valence-electron chi connectivity index (χ2n) is 6.85. The number of esters is 1. The van der Waals surface area contributed by atoms with Gasteiger partial charge in [0.2, 0.25) is 0 Å². The number of ether oxygens (including phenoxy) is 1. The number of nitro benzene ring substituents is 1. The molecule has 2 heterocycles. The van der Waals surface area contributed by atoms with Crippen LogP contribution in [0.15, 0.2) is 54.7 Å². The Hall–Kier alpha value is -4.05. The molecule has 0 saturated carbocycles. The average Bonchev–Trinajstić information content (AvgIpc) is 3.34. The van der Waals surface area contributed by atoms with Crippen molar-refractivity contribution in [2.45, 2.75) is 13.8 Å². The van der Waals surface area contributed by atoms with Crippen molar-refractivity contribution < 1.29 is 19.2 Å². The lowest BCUT2D eigenvalue weighted by Crippen LogP contribution is -2.12. The smallest absolute Gasteiger partial charge is 0.338 e. The Labute approximate surface area is 186 Å². The van der Waals surface area contributed by atoms with Crippen LogP contribution in [0.4, 0.5) is 11.4 Å². The topological polar surface area (TPSA) is 116 Å². The molecule has 10 heteroatoms. The molecule has 4 aromatic rings. The van der Waals surface area contributed by atoms with E-state index in [0.717, 1.165) is 0 Å². The molecule has 0 spiro atoms. The van der Waals surface area contributed by atoms with Gasteiger partial charge < -0.3 is 10.1 Å². The predicted molar refractivity (Wildman–Crippen MR) is 120 cm³/mol. The standard InChI is InChI=1S/C22H18N4O5S/c1-3-31-21(28)14-7-9-16(10-8-14)23-20(27)19-13(2)25-12-18(24-22(25)32-19)15-5-4-6-17(11-15)26(29)30/h4-12H,3H2,1-2H3,(H,23,27). The highest BCUT2D eigenvalue weighted by molar-refractivity contribution is 7.19. The van der Waals surface area contributed by atoms with Crippen molar-refractivity contribution in [1.29, 1.82) is 0 Å². The first-order valence-electron chi connectivity index (χ1n) is 9.69. The number of anilines is 1. The van der Waals surface area contributed by atoms with Crippen LogP contribution in [0.25, 0.3) is 16.2 Å². The predicted octanol–water partition coefficient (Wildman–Crippen LogP) is 4.71. The lowest BCUT2D eigenvalue weighted by Gasteiger charge is -2.06. The molecule has 4 rings (SSSR count). The van der Waals surface area contributed by atoms with E-state index in [4.69, 9.17) is 4.74 Å². The van der Waals surface area contributed by atoms with Gasteiger partial charge in [-0.2, -0.15) is 0 Å². The number of aromatic nitrogens is 2. The normalized spacial score (nSPS) is 10.8. The molecule has 0 radical (unpaired) electrons. The van der Waals surface area contributed by atoms with Gasteiger partial charge in [-0.3, -0.25) is 19.3 Å². The summed E-state index contributed by atoms with van der Waals surface area (Å²) in [6.07, 6.45) is 1.76. The molecular formula is C22H18N4O5S. The second-order valence-corrected chi connectivity index (χ2v) is 7.83. The highest BCUT2D eigenvalue weighted by Crippen LogP contribution is 2.29. The first-order chi connectivity index (χ1) is 15.4. The number of aryl methyl sites for hydroxylation is 1. The molecule has 0 aliphatic carbocycles. The van der Waals surface area contributed by atoms with Gasteiger partial charge in [0.25, 0.3) is 11.6 Å². The number of imidazole rings is 1. The molecule has 0 aliphatic rings. The van der Waals surface area contributed by atoms with Crippen molar-refractivity contribution in [3.8, 4) is 11.3 Å². The van der Waals surface area contributed by atoms with Crippen LogP contribution >= 0.6 is 11.3 Å². The summed E-state index contributed by atoms with van der Waals surface area (Å²) in [5, 5.41) is 13.8. The van der Waals surface area contributed by atoms with Crippen molar-refractivity contribution in [2.75, 3.05) is 11.9 Å². The summed E-state index contributed by atoms with van der Waals surface area (Å²) in [7, 11) is 0. The van der Waals surface area contributed by atoms with Crippen LogP contribution in [0.1, 0.15) is 32.6 Å². The Morgan fingerprint density at radius 3 is 2.62 bits per heavy atom. The maximum atomic E-state index is 12.8. The zero-order valence-electron chi connectivity index (χ0n) is 17.2. The van der Waals surface area contributed by atoms with Crippen molar-refractivity contribution >= 4 is 39.5 Å². The number of carbonyl (C=O) groups is 2. The molecule has 0 unspecified atom stereocenters. The molecular weight excluding hydrogens is 432 g/mol. The number of carbonyl (C=O) groups excluding carboxylic acids is 2. The van der Waals surface area contributed by atoms with Gasteiger partial charge in [-0.25, -0.2) is 9.78 Å². The first kappa shape index (κ1) is 21.2.